The van der Waals surface area contributed by atoms with Crippen LogP contribution in [-0.2, 0) is 0 Å². The molecule has 1 aromatic rings. The van der Waals surface area contributed by atoms with Crippen LogP contribution in [0.25, 0.3) is 0 Å². The molecule has 0 aliphatic carbocycles. The highest BCUT2D eigenvalue weighted by Gasteiger charge is 1.88. The van der Waals surface area contributed by atoms with Crippen LogP contribution in [0.5, 0.6) is 0 Å². The van der Waals surface area contributed by atoms with E-state index in [1.54, 1.807) is 12.3 Å². The lowest BCUT2D eigenvalue weighted by Crippen LogP contribution is -1.80. The van der Waals surface area contributed by atoms with E-state index in [9.17, 15) is 0 Å². The first kappa shape index (κ1) is 6.86. The van der Waals surface area contributed by atoms with Gasteiger partial charge in [0.15, 0.2) is 0 Å². The number of halogens is 1. The van der Waals surface area contributed by atoms with E-state index in [1.165, 1.54) is 0 Å². The van der Waals surface area contributed by atoms with Crippen molar-refractivity contribution in [2.75, 3.05) is 0 Å². The molecule has 48 valence electrons. The van der Waals surface area contributed by atoms with E-state index in [0.717, 1.165) is 16.8 Å². The monoisotopic (exact) mass is 160 g/mol. The van der Waals surface area contributed by atoms with Gasteiger partial charge < -0.3 is 0 Å². The first-order valence-corrected chi connectivity index (χ1v) is 3.57. The van der Waals surface area contributed by atoms with Crippen molar-refractivity contribution in [1.29, 1.82) is 0 Å². The second-order valence-corrected chi connectivity index (χ2v) is 2.53. The molecule has 2 nitrogen and oxygen atoms in total. The molecule has 0 aliphatic rings. The minimum absolute atomic E-state index is 0.493. The highest BCUT2D eigenvalue weighted by molar-refractivity contribution is 7.97. The molecule has 0 unspecified atom stereocenters. The summed E-state index contributed by atoms with van der Waals surface area (Å²) >= 11 is 6.66. The first-order valence-electron chi connectivity index (χ1n) is 2.31. The zero-order chi connectivity index (χ0) is 6.69. The Labute approximate surface area is 62.6 Å². The van der Waals surface area contributed by atoms with Gasteiger partial charge >= 0.3 is 0 Å². The van der Waals surface area contributed by atoms with Crippen LogP contribution in [0, 0.1) is 0 Å². The van der Waals surface area contributed by atoms with E-state index in [1.807, 2.05) is 6.07 Å². The standard InChI is InChI=1S/C5H5ClN2S/c6-5-2-1-4(9-7)3-8-5/h1-3H,7H2. The van der Waals surface area contributed by atoms with Gasteiger partial charge in [-0.25, -0.2) is 4.98 Å². The van der Waals surface area contributed by atoms with Gasteiger partial charge in [0.05, 0.1) is 0 Å². The Hall–Kier alpha value is -0.250. The topological polar surface area (TPSA) is 38.9 Å². The second-order valence-electron chi connectivity index (χ2n) is 1.43. The van der Waals surface area contributed by atoms with Crippen molar-refractivity contribution in [3.8, 4) is 0 Å². The van der Waals surface area contributed by atoms with E-state index in [2.05, 4.69) is 4.98 Å². The Morgan fingerprint density at radius 1 is 1.56 bits per heavy atom. The SMILES string of the molecule is NSc1ccc(Cl)nc1. The van der Waals surface area contributed by atoms with Crippen molar-refractivity contribution in [3.63, 3.8) is 0 Å². The Bertz CT molecular complexity index is 187. The number of aromatic nitrogens is 1. The average Bonchev–Trinajstić information content (AvgIpc) is 1.90. The first-order chi connectivity index (χ1) is 4.33. The molecule has 0 aliphatic heterocycles. The second kappa shape index (κ2) is 3.06. The Morgan fingerprint density at radius 3 is 2.78 bits per heavy atom. The summed E-state index contributed by atoms with van der Waals surface area (Å²) < 4.78 is 0. The lowest BCUT2D eigenvalue weighted by Gasteiger charge is -1.91. The van der Waals surface area contributed by atoms with E-state index in [0.29, 0.717) is 5.15 Å². The maximum atomic E-state index is 5.51. The molecule has 0 fully saturated rings. The highest BCUT2D eigenvalue weighted by atomic mass is 35.5. The third-order valence-electron chi connectivity index (χ3n) is 0.836. The predicted octanol–water partition coefficient (Wildman–Crippen LogP) is 1.70. The third-order valence-corrected chi connectivity index (χ3v) is 1.57. The van der Waals surface area contributed by atoms with Gasteiger partial charge in [-0.1, -0.05) is 11.6 Å². The van der Waals surface area contributed by atoms with Crippen molar-refractivity contribution in [1.82, 2.24) is 4.98 Å². The molecule has 1 rings (SSSR count). The number of pyridine rings is 1. The predicted molar refractivity (Wildman–Crippen MR) is 39.3 cm³/mol. The number of nitrogens with zero attached hydrogens (tertiary/aromatic N) is 1. The third kappa shape index (κ3) is 1.86. The smallest absolute Gasteiger partial charge is 0.129 e. The molecule has 0 spiro atoms. The molecular weight excluding hydrogens is 156 g/mol. The van der Waals surface area contributed by atoms with Crippen molar-refractivity contribution in [2.45, 2.75) is 4.90 Å². The molecule has 0 aromatic carbocycles. The Morgan fingerprint density at radius 2 is 2.33 bits per heavy atom. The lowest BCUT2D eigenvalue weighted by molar-refractivity contribution is 1.24. The van der Waals surface area contributed by atoms with Crippen LogP contribution >= 0.6 is 23.5 Å². The van der Waals surface area contributed by atoms with Gasteiger partial charge in [0, 0.05) is 11.1 Å². The van der Waals surface area contributed by atoms with Gasteiger partial charge in [-0.2, -0.15) is 0 Å². The summed E-state index contributed by atoms with van der Waals surface area (Å²) in [7, 11) is 0. The van der Waals surface area contributed by atoms with Crippen LogP contribution in [0.3, 0.4) is 0 Å². The molecule has 0 bridgehead atoms. The maximum absolute atomic E-state index is 5.51. The Balaban J connectivity index is 2.88. The average molecular weight is 161 g/mol. The summed E-state index contributed by atoms with van der Waals surface area (Å²) in [6.45, 7) is 0. The molecule has 2 N–H and O–H groups in total. The van der Waals surface area contributed by atoms with E-state index in [4.69, 9.17) is 16.7 Å². The molecular formula is C5H5ClN2S. The van der Waals surface area contributed by atoms with E-state index < -0.39 is 0 Å². The van der Waals surface area contributed by atoms with Crippen molar-refractivity contribution in [2.24, 2.45) is 5.14 Å². The fraction of sp³-hybridized carbons (Fsp3) is 0. The van der Waals surface area contributed by atoms with Gasteiger partial charge in [0.25, 0.3) is 0 Å². The van der Waals surface area contributed by atoms with E-state index >= 15 is 0 Å². The number of hydrogen-bond acceptors (Lipinski definition) is 3. The van der Waals surface area contributed by atoms with Crippen molar-refractivity contribution < 1.29 is 0 Å². The van der Waals surface area contributed by atoms with E-state index in [-0.39, 0.29) is 0 Å². The summed E-state index contributed by atoms with van der Waals surface area (Å²) in [5.41, 5.74) is 0. The van der Waals surface area contributed by atoms with Crippen LogP contribution in [0.4, 0.5) is 0 Å². The fourth-order valence-electron chi connectivity index (χ4n) is 0.432. The molecule has 1 aromatic heterocycles. The van der Waals surface area contributed by atoms with Crippen LogP contribution in [0.15, 0.2) is 23.2 Å². The molecule has 0 atom stereocenters. The minimum atomic E-state index is 0.493. The van der Waals surface area contributed by atoms with Crippen LogP contribution < -0.4 is 5.14 Å². The van der Waals surface area contributed by atoms with Gasteiger partial charge in [-0.3, -0.25) is 5.14 Å². The molecule has 0 saturated carbocycles. The van der Waals surface area contributed by atoms with Gasteiger partial charge in [-0.15, -0.1) is 0 Å². The zero-order valence-corrected chi connectivity index (χ0v) is 6.12. The number of nitrogens with two attached hydrogens (primary N) is 1. The summed E-state index contributed by atoms with van der Waals surface area (Å²) in [6.07, 6.45) is 1.63. The van der Waals surface area contributed by atoms with Gasteiger partial charge in [0.2, 0.25) is 0 Å². The summed E-state index contributed by atoms with van der Waals surface area (Å²) in [4.78, 5) is 4.73. The fourth-order valence-corrected chi connectivity index (χ4v) is 0.804. The molecule has 4 heteroatoms. The lowest BCUT2D eigenvalue weighted by atomic mass is 10.5. The summed E-state index contributed by atoms with van der Waals surface area (Å²) in [6, 6.07) is 3.52. The van der Waals surface area contributed by atoms with Crippen LogP contribution in [-0.4, -0.2) is 4.98 Å². The normalized spacial score (nSPS) is 9.56. The number of rotatable bonds is 1. The maximum Gasteiger partial charge on any atom is 0.129 e. The molecule has 0 saturated heterocycles. The number of hydrogen-bond donors (Lipinski definition) is 1. The summed E-state index contributed by atoms with van der Waals surface area (Å²) in [5.74, 6) is 0. The molecule has 0 radical (unpaired) electrons. The minimum Gasteiger partial charge on any atom is -0.274 e. The summed E-state index contributed by atoms with van der Waals surface area (Å²) in [5, 5.41) is 5.73. The van der Waals surface area contributed by atoms with Crippen molar-refractivity contribution >= 4 is 23.5 Å². The zero-order valence-electron chi connectivity index (χ0n) is 4.54. The molecule has 1 heterocycles. The van der Waals surface area contributed by atoms with Gasteiger partial charge in [0.1, 0.15) is 5.15 Å². The Kier molecular flexibility index (Phi) is 2.33. The quantitative estimate of drug-likeness (QED) is 0.502. The highest BCUT2D eigenvalue weighted by Crippen LogP contribution is 2.11. The molecule has 9 heavy (non-hydrogen) atoms. The molecule has 0 amide bonds. The van der Waals surface area contributed by atoms with Crippen molar-refractivity contribution in [3.05, 3.63) is 23.5 Å². The van der Waals surface area contributed by atoms with Crippen LogP contribution in [0.1, 0.15) is 0 Å². The van der Waals surface area contributed by atoms with Crippen LogP contribution in [0.2, 0.25) is 5.15 Å². The van der Waals surface area contributed by atoms with Gasteiger partial charge in [-0.05, 0) is 24.1 Å². The largest absolute Gasteiger partial charge is 0.274 e.